The van der Waals surface area contributed by atoms with E-state index in [-0.39, 0.29) is 5.82 Å². The maximum atomic E-state index is 13.4. The Balaban J connectivity index is 1.83. The third kappa shape index (κ3) is 3.64. The van der Waals surface area contributed by atoms with Gasteiger partial charge in [-0.3, -0.25) is 4.98 Å². The molecule has 0 aliphatic rings. The zero-order chi connectivity index (χ0) is 19.5. The fourth-order valence-corrected chi connectivity index (χ4v) is 3.17. The van der Waals surface area contributed by atoms with Crippen LogP contribution in [0.2, 0.25) is 5.02 Å². The largest absolute Gasteiger partial charge is 0.341 e. The van der Waals surface area contributed by atoms with E-state index in [1.54, 1.807) is 30.5 Å². The van der Waals surface area contributed by atoms with Gasteiger partial charge in [0, 0.05) is 23.2 Å². The smallest absolute Gasteiger partial charge is 0.123 e. The number of nitrogens with zero attached hydrogens (tertiary/aromatic N) is 3. The first-order valence-electron chi connectivity index (χ1n) is 8.59. The molecule has 136 valence electrons. The van der Waals surface area contributed by atoms with Gasteiger partial charge in [-0.1, -0.05) is 29.8 Å². The number of hydrogen-bond acceptors (Lipinski definition) is 3. The van der Waals surface area contributed by atoms with Crippen molar-refractivity contribution in [2.24, 2.45) is 0 Å². The highest BCUT2D eigenvalue weighted by Gasteiger charge is 2.16. The van der Waals surface area contributed by atoms with E-state index < -0.39 is 0 Å². The van der Waals surface area contributed by atoms with Crippen LogP contribution in [0.4, 0.5) is 4.39 Å². The van der Waals surface area contributed by atoms with Crippen molar-refractivity contribution in [3.8, 4) is 28.7 Å². The average Bonchev–Trinajstić information content (AvgIpc) is 3.14. The van der Waals surface area contributed by atoms with Crippen molar-refractivity contribution in [1.29, 1.82) is 5.26 Å². The van der Waals surface area contributed by atoms with Gasteiger partial charge in [0.2, 0.25) is 0 Å². The molecule has 4 nitrogen and oxygen atoms in total. The molecule has 2 aromatic carbocycles. The van der Waals surface area contributed by atoms with Gasteiger partial charge in [-0.05, 0) is 48.0 Å². The minimum Gasteiger partial charge on any atom is -0.341 e. The van der Waals surface area contributed by atoms with E-state index in [0.717, 1.165) is 11.1 Å². The summed E-state index contributed by atoms with van der Waals surface area (Å²) < 4.78 is 13.4. The van der Waals surface area contributed by atoms with Crippen molar-refractivity contribution in [3.63, 3.8) is 0 Å². The van der Waals surface area contributed by atoms with E-state index >= 15 is 0 Å². The number of aromatic amines is 1. The SMILES string of the molecule is N#Cc1ccnc(-c2nc(Cc3ccccc3Cl)[nH]c2-c2ccc(F)cc2)c1. The predicted octanol–water partition coefficient (Wildman–Crippen LogP) is 5.39. The second-order valence-electron chi connectivity index (χ2n) is 6.22. The van der Waals surface area contributed by atoms with Crippen LogP contribution in [0, 0.1) is 17.1 Å². The minimum absolute atomic E-state index is 0.314. The Labute approximate surface area is 166 Å². The number of H-pyrrole nitrogens is 1. The van der Waals surface area contributed by atoms with Crippen LogP contribution in [0.1, 0.15) is 17.0 Å². The molecule has 0 amide bonds. The van der Waals surface area contributed by atoms with E-state index in [1.165, 1.54) is 12.1 Å². The van der Waals surface area contributed by atoms with Crippen LogP contribution in [0.3, 0.4) is 0 Å². The monoisotopic (exact) mass is 388 g/mol. The minimum atomic E-state index is -0.314. The van der Waals surface area contributed by atoms with Crippen LogP contribution < -0.4 is 0 Å². The number of imidazole rings is 1. The molecule has 4 rings (SSSR count). The van der Waals surface area contributed by atoms with Crippen LogP contribution in [0.15, 0.2) is 66.9 Å². The summed E-state index contributed by atoms with van der Waals surface area (Å²) >= 11 is 6.28. The number of benzene rings is 2. The molecule has 0 unspecified atom stereocenters. The molecule has 0 spiro atoms. The van der Waals surface area contributed by atoms with Crippen LogP contribution in [-0.4, -0.2) is 15.0 Å². The van der Waals surface area contributed by atoms with Crippen molar-refractivity contribution in [3.05, 3.63) is 94.7 Å². The third-order valence-corrected chi connectivity index (χ3v) is 4.70. The van der Waals surface area contributed by atoms with E-state index in [4.69, 9.17) is 16.6 Å². The van der Waals surface area contributed by atoms with E-state index in [1.807, 2.05) is 24.3 Å². The van der Waals surface area contributed by atoms with E-state index in [0.29, 0.717) is 39.9 Å². The molecule has 6 heteroatoms. The Morgan fingerprint density at radius 2 is 1.86 bits per heavy atom. The lowest BCUT2D eigenvalue weighted by Gasteiger charge is -2.03. The highest BCUT2D eigenvalue weighted by atomic mass is 35.5. The second kappa shape index (κ2) is 7.63. The third-order valence-electron chi connectivity index (χ3n) is 4.33. The number of nitrogens with one attached hydrogen (secondary N) is 1. The highest BCUT2D eigenvalue weighted by Crippen LogP contribution is 2.30. The molecule has 0 atom stereocenters. The van der Waals surface area contributed by atoms with Gasteiger partial charge >= 0.3 is 0 Å². The highest BCUT2D eigenvalue weighted by molar-refractivity contribution is 6.31. The quantitative estimate of drug-likeness (QED) is 0.509. The Morgan fingerprint density at radius 1 is 1.07 bits per heavy atom. The molecule has 0 saturated heterocycles. The summed E-state index contributed by atoms with van der Waals surface area (Å²) in [4.78, 5) is 12.4. The summed E-state index contributed by atoms with van der Waals surface area (Å²) in [5.41, 5.74) is 4.09. The Bertz CT molecular complexity index is 1180. The number of halogens is 2. The lowest BCUT2D eigenvalue weighted by molar-refractivity contribution is 0.628. The van der Waals surface area contributed by atoms with Crippen molar-refractivity contribution < 1.29 is 4.39 Å². The van der Waals surface area contributed by atoms with Crippen molar-refractivity contribution in [2.75, 3.05) is 0 Å². The van der Waals surface area contributed by atoms with E-state index in [9.17, 15) is 9.65 Å². The van der Waals surface area contributed by atoms with Crippen molar-refractivity contribution >= 4 is 11.6 Å². The number of pyridine rings is 1. The maximum absolute atomic E-state index is 13.4. The fraction of sp³-hybridized carbons (Fsp3) is 0.0455. The summed E-state index contributed by atoms with van der Waals surface area (Å²) in [6.07, 6.45) is 2.08. The first-order valence-corrected chi connectivity index (χ1v) is 8.96. The number of nitriles is 1. The van der Waals surface area contributed by atoms with Gasteiger partial charge in [-0.15, -0.1) is 0 Å². The molecule has 2 heterocycles. The molecule has 0 aliphatic carbocycles. The maximum Gasteiger partial charge on any atom is 0.123 e. The lowest BCUT2D eigenvalue weighted by Crippen LogP contribution is -1.92. The topological polar surface area (TPSA) is 65.4 Å². The molecule has 0 fully saturated rings. The summed E-state index contributed by atoms with van der Waals surface area (Å²) in [5.74, 6) is 0.386. The molecular weight excluding hydrogens is 375 g/mol. The zero-order valence-corrected chi connectivity index (χ0v) is 15.4. The van der Waals surface area contributed by atoms with Crippen LogP contribution in [0.25, 0.3) is 22.6 Å². The molecule has 0 radical (unpaired) electrons. The molecule has 0 saturated carbocycles. The van der Waals surface area contributed by atoms with Gasteiger partial charge in [-0.2, -0.15) is 5.26 Å². The summed E-state index contributed by atoms with van der Waals surface area (Å²) in [6.45, 7) is 0. The van der Waals surface area contributed by atoms with Crippen LogP contribution in [-0.2, 0) is 6.42 Å². The number of rotatable bonds is 4. The molecule has 2 aromatic heterocycles. The van der Waals surface area contributed by atoms with Crippen molar-refractivity contribution in [2.45, 2.75) is 6.42 Å². The van der Waals surface area contributed by atoms with Gasteiger partial charge in [-0.25, -0.2) is 9.37 Å². The summed E-state index contributed by atoms with van der Waals surface area (Å²) in [5, 5.41) is 9.85. The predicted molar refractivity (Wildman–Crippen MR) is 106 cm³/mol. The van der Waals surface area contributed by atoms with Gasteiger partial charge in [0.15, 0.2) is 0 Å². The molecule has 28 heavy (non-hydrogen) atoms. The average molecular weight is 389 g/mol. The van der Waals surface area contributed by atoms with Crippen LogP contribution in [0.5, 0.6) is 0 Å². The van der Waals surface area contributed by atoms with Crippen molar-refractivity contribution in [1.82, 2.24) is 15.0 Å². The lowest BCUT2D eigenvalue weighted by atomic mass is 10.1. The van der Waals surface area contributed by atoms with Crippen LogP contribution >= 0.6 is 11.6 Å². The van der Waals surface area contributed by atoms with Gasteiger partial charge in [0.05, 0.1) is 23.0 Å². The van der Waals surface area contributed by atoms with Gasteiger partial charge in [0.25, 0.3) is 0 Å². The van der Waals surface area contributed by atoms with E-state index in [2.05, 4.69) is 16.0 Å². The molecule has 4 aromatic rings. The molecule has 1 N–H and O–H groups in total. The Kier molecular flexibility index (Phi) is 4.88. The number of aromatic nitrogens is 3. The van der Waals surface area contributed by atoms with Gasteiger partial charge in [0.1, 0.15) is 17.3 Å². The summed E-state index contributed by atoms with van der Waals surface area (Å²) in [6, 6.07) is 19.2. The molecule has 0 bridgehead atoms. The zero-order valence-electron chi connectivity index (χ0n) is 14.7. The Morgan fingerprint density at radius 3 is 2.61 bits per heavy atom. The molecular formula is C22H14ClFN4. The first kappa shape index (κ1) is 17.9. The molecule has 0 aliphatic heterocycles. The van der Waals surface area contributed by atoms with Gasteiger partial charge < -0.3 is 4.98 Å². The number of hydrogen-bond donors (Lipinski definition) is 1. The summed E-state index contributed by atoms with van der Waals surface area (Å²) in [7, 11) is 0. The fourth-order valence-electron chi connectivity index (χ4n) is 2.97. The standard InChI is InChI=1S/C22H14ClFN4/c23-18-4-2-1-3-16(18)12-20-27-21(15-5-7-17(24)8-6-15)22(28-20)19-11-14(13-25)9-10-26-19/h1-11H,12H2,(H,27,28). The normalized spacial score (nSPS) is 10.6. The Hall–Kier alpha value is -3.49. The second-order valence-corrected chi connectivity index (χ2v) is 6.63. The first-order chi connectivity index (χ1) is 13.6.